The molecule has 1 N–H and O–H groups in total. The number of hydrogen-bond donors (Lipinski definition) is 1. The second kappa shape index (κ2) is 7.79. The molecule has 132 valence electrons. The predicted molar refractivity (Wildman–Crippen MR) is 96.9 cm³/mol. The first-order chi connectivity index (χ1) is 12.5. The number of carbonyl (C=O) groups is 1. The molecule has 0 unspecified atom stereocenters. The van der Waals surface area contributed by atoms with Crippen LogP contribution in [-0.2, 0) is 4.79 Å². The molecule has 3 rings (SSSR count). The molecule has 0 radical (unpaired) electrons. The van der Waals surface area contributed by atoms with Crippen molar-refractivity contribution in [2.24, 2.45) is 0 Å². The Bertz CT molecular complexity index is 923. The van der Waals surface area contributed by atoms with Crippen molar-refractivity contribution in [3.63, 3.8) is 0 Å². The van der Waals surface area contributed by atoms with Crippen LogP contribution in [0.5, 0.6) is 0 Å². The molecule has 0 aliphatic heterocycles. The van der Waals surface area contributed by atoms with E-state index in [2.05, 4.69) is 15.5 Å². The number of aryl methyl sites for hydroxylation is 1. The number of aromatic nitrogens is 2. The molecule has 8 nitrogen and oxygen atoms in total. The van der Waals surface area contributed by atoms with Gasteiger partial charge < -0.3 is 9.73 Å². The zero-order valence-corrected chi connectivity index (χ0v) is 14.5. The normalized spacial score (nSPS) is 10.5. The van der Waals surface area contributed by atoms with Crippen LogP contribution in [0.2, 0.25) is 0 Å². The summed E-state index contributed by atoms with van der Waals surface area (Å²) in [6, 6.07) is 13.3. The minimum Gasteiger partial charge on any atom is -0.411 e. The van der Waals surface area contributed by atoms with E-state index in [4.69, 9.17) is 4.42 Å². The number of rotatable bonds is 6. The molecule has 0 fully saturated rings. The van der Waals surface area contributed by atoms with Crippen molar-refractivity contribution in [2.75, 3.05) is 11.1 Å². The van der Waals surface area contributed by atoms with Crippen molar-refractivity contribution in [3.05, 3.63) is 64.2 Å². The largest absolute Gasteiger partial charge is 0.411 e. The van der Waals surface area contributed by atoms with E-state index in [0.29, 0.717) is 16.8 Å². The molecular weight excluding hydrogens is 356 g/mol. The van der Waals surface area contributed by atoms with Crippen LogP contribution in [0.1, 0.15) is 5.56 Å². The Morgan fingerprint density at radius 1 is 1.15 bits per heavy atom. The molecule has 1 aromatic heterocycles. The highest BCUT2D eigenvalue weighted by atomic mass is 32.2. The van der Waals surface area contributed by atoms with Crippen LogP contribution in [0.25, 0.3) is 11.5 Å². The summed E-state index contributed by atoms with van der Waals surface area (Å²) in [5, 5.41) is 21.4. The lowest BCUT2D eigenvalue weighted by Crippen LogP contribution is -2.13. The summed E-state index contributed by atoms with van der Waals surface area (Å²) in [6.45, 7) is 1.99. The third-order valence-electron chi connectivity index (χ3n) is 3.39. The smallest absolute Gasteiger partial charge is 0.277 e. The summed E-state index contributed by atoms with van der Waals surface area (Å²) in [4.78, 5) is 22.1. The number of nitro benzene ring substituents is 1. The maximum Gasteiger partial charge on any atom is 0.277 e. The topological polar surface area (TPSA) is 111 Å². The van der Waals surface area contributed by atoms with Gasteiger partial charge in [0.2, 0.25) is 11.8 Å². The maximum absolute atomic E-state index is 12.0. The Balaban J connectivity index is 1.54. The highest BCUT2D eigenvalue weighted by Crippen LogP contribution is 2.23. The van der Waals surface area contributed by atoms with Gasteiger partial charge in [0.05, 0.1) is 10.7 Å². The number of nitro groups is 1. The van der Waals surface area contributed by atoms with Crippen LogP contribution >= 0.6 is 11.8 Å². The van der Waals surface area contributed by atoms with E-state index in [1.807, 2.05) is 31.2 Å². The minimum absolute atomic E-state index is 0.0353. The summed E-state index contributed by atoms with van der Waals surface area (Å²) >= 11 is 1.11. The van der Waals surface area contributed by atoms with Crippen molar-refractivity contribution < 1.29 is 14.1 Å². The number of amides is 1. The number of thioether (sulfide) groups is 1. The molecule has 2 aromatic carbocycles. The number of nitrogens with one attached hydrogen (secondary N) is 1. The highest BCUT2D eigenvalue weighted by Gasteiger charge is 2.12. The van der Waals surface area contributed by atoms with Crippen LogP contribution < -0.4 is 5.32 Å². The lowest BCUT2D eigenvalue weighted by atomic mass is 10.1. The van der Waals surface area contributed by atoms with Gasteiger partial charge >= 0.3 is 0 Å². The monoisotopic (exact) mass is 370 g/mol. The Hall–Kier alpha value is -3.20. The first kappa shape index (κ1) is 17.6. The first-order valence-corrected chi connectivity index (χ1v) is 8.57. The van der Waals surface area contributed by atoms with Gasteiger partial charge in [-0.3, -0.25) is 14.9 Å². The third-order valence-corrected chi connectivity index (χ3v) is 4.21. The zero-order valence-electron chi connectivity index (χ0n) is 13.7. The molecule has 0 aliphatic rings. The van der Waals surface area contributed by atoms with Gasteiger partial charge in [-0.2, -0.15) is 0 Å². The number of non-ortho nitro benzene ring substituents is 1. The molecule has 0 saturated carbocycles. The van der Waals surface area contributed by atoms with Crippen molar-refractivity contribution in [2.45, 2.75) is 12.1 Å². The van der Waals surface area contributed by atoms with Gasteiger partial charge in [-0.25, -0.2) is 0 Å². The molecule has 0 atom stereocenters. The first-order valence-electron chi connectivity index (χ1n) is 7.59. The fraction of sp³-hybridized carbons (Fsp3) is 0.118. The van der Waals surface area contributed by atoms with Gasteiger partial charge in [-0.05, 0) is 31.2 Å². The number of anilines is 1. The molecule has 9 heteroatoms. The van der Waals surface area contributed by atoms with E-state index in [0.717, 1.165) is 22.9 Å². The molecule has 1 amide bonds. The van der Waals surface area contributed by atoms with Crippen LogP contribution in [-0.4, -0.2) is 26.8 Å². The van der Waals surface area contributed by atoms with E-state index < -0.39 is 4.92 Å². The van der Waals surface area contributed by atoms with Gasteiger partial charge in [0, 0.05) is 23.4 Å². The molecular formula is C17H14N4O4S. The standard InChI is InChI=1S/C17H14N4O4S/c1-11-2-4-12(5-3-11)16-19-20-17(25-16)26-10-15(22)18-13-6-8-14(9-7-13)21(23)24/h2-9H,10H2,1H3,(H,18,22). The third kappa shape index (κ3) is 4.45. The minimum atomic E-state index is -0.497. The van der Waals surface area contributed by atoms with Crippen LogP contribution in [0.15, 0.2) is 58.2 Å². The average molecular weight is 370 g/mol. The van der Waals surface area contributed by atoms with Crippen LogP contribution in [0.3, 0.4) is 0 Å². The van der Waals surface area contributed by atoms with Crippen molar-refractivity contribution in [1.82, 2.24) is 10.2 Å². The molecule has 26 heavy (non-hydrogen) atoms. The number of hydrogen-bond acceptors (Lipinski definition) is 7. The summed E-state index contributed by atoms with van der Waals surface area (Å²) in [5.74, 6) is 0.189. The quantitative estimate of drug-likeness (QED) is 0.400. The van der Waals surface area contributed by atoms with Crippen molar-refractivity contribution in [3.8, 4) is 11.5 Å². The maximum atomic E-state index is 12.0. The molecule has 0 aliphatic carbocycles. The number of nitrogens with zero attached hydrogens (tertiary/aromatic N) is 3. The molecule has 0 bridgehead atoms. The van der Waals surface area contributed by atoms with Gasteiger partial charge in [-0.15, -0.1) is 10.2 Å². The lowest BCUT2D eigenvalue weighted by molar-refractivity contribution is -0.384. The second-order valence-electron chi connectivity index (χ2n) is 5.38. The van der Waals surface area contributed by atoms with Crippen LogP contribution in [0, 0.1) is 17.0 Å². The highest BCUT2D eigenvalue weighted by molar-refractivity contribution is 7.99. The van der Waals surface area contributed by atoms with Crippen molar-refractivity contribution in [1.29, 1.82) is 0 Å². The van der Waals surface area contributed by atoms with Gasteiger partial charge in [0.1, 0.15) is 0 Å². The van der Waals surface area contributed by atoms with E-state index in [1.165, 1.54) is 24.3 Å². The fourth-order valence-corrected chi connectivity index (χ4v) is 2.63. The summed E-state index contributed by atoms with van der Waals surface area (Å²) in [7, 11) is 0. The van der Waals surface area contributed by atoms with Gasteiger partial charge in [0.25, 0.3) is 10.9 Å². The van der Waals surface area contributed by atoms with E-state index in [1.54, 1.807) is 0 Å². The van der Waals surface area contributed by atoms with Crippen LogP contribution in [0.4, 0.5) is 11.4 Å². The fourth-order valence-electron chi connectivity index (χ4n) is 2.07. The van der Waals surface area contributed by atoms with E-state index in [-0.39, 0.29) is 17.3 Å². The van der Waals surface area contributed by atoms with E-state index >= 15 is 0 Å². The predicted octanol–water partition coefficient (Wildman–Crippen LogP) is 3.68. The lowest BCUT2D eigenvalue weighted by Gasteiger charge is -2.03. The molecule has 3 aromatic rings. The Morgan fingerprint density at radius 3 is 2.50 bits per heavy atom. The molecule has 0 spiro atoms. The SMILES string of the molecule is Cc1ccc(-c2nnc(SCC(=O)Nc3ccc([N+](=O)[O-])cc3)o2)cc1. The molecule has 1 heterocycles. The Labute approximate surface area is 152 Å². The van der Waals surface area contributed by atoms with E-state index in [9.17, 15) is 14.9 Å². The van der Waals surface area contributed by atoms with Crippen molar-refractivity contribution >= 4 is 29.0 Å². The summed E-state index contributed by atoms with van der Waals surface area (Å²) < 4.78 is 5.54. The second-order valence-corrected chi connectivity index (χ2v) is 6.31. The number of carbonyl (C=O) groups excluding carboxylic acids is 1. The average Bonchev–Trinajstić information content (AvgIpc) is 3.10. The summed E-state index contributed by atoms with van der Waals surface area (Å²) in [6.07, 6.45) is 0. The Kier molecular flexibility index (Phi) is 5.28. The van der Waals surface area contributed by atoms with Gasteiger partial charge in [0.15, 0.2) is 0 Å². The Morgan fingerprint density at radius 2 is 1.85 bits per heavy atom. The summed E-state index contributed by atoms with van der Waals surface area (Å²) in [5.41, 5.74) is 2.38. The molecule has 0 saturated heterocycles. The number of benzene rings is 2. The zero-order chi connectivity index (χ0) is 18.5. The van der Waals surface area contributed by atoms with Gasteiger partial charge in [-0.1, -0.05) is 29.5 Å².